The van der Waals surface area contributed by atoms with E-state index >= 15 is 0 Å². The highest BCUT2D eigenvalue weighted by Crippen LogP contribution is 2.34. The molecule has 1 saturated heterocycles. The highest BCUT2D eigenvalue weighted by atomic mass is 32.2. The third-order valence-electron chi connectivity index (χ3n) is 5.86. The van der Waals surface area contributed by atoms with Crippen LogP contribution in [-0.4, -0.2) is 45.5 Å². The first-order chi connectivity index (χ1) is 15.4. The van der Waals surface area contributed by atoms with Crippen molar-refractivity contribution in [1.29, 1.82) is 0 Å². The summed E-state index contributed by atoms with van der Waals surface area (Å²) in [4.78, 5) is 37.5. The van der Waals surface area contributed by atoms with E-state index in [9.17, 15) is 9.59 Å². The van der Waals surface area contributed by atoms with Crippen LogP contribution in [0.3, 0.4) is 0 Å². The van der Waals surface area contributed by atoms with Gasteiger partial charge in [-0.1, -0.05) is 30.0 Å². The zero-order chi connectivity index (χ0) is 22.7. The van der Waals surface area contributed by atoms with Gasteiger partial charge in [0.1, 0.15) is 16.2 Å². The number of aromatic nitrogens is 2. The monoisotopic (exact) mass is 469 g/mol. The number of nitrogens with two attached hydrogens (primary N) is 1. The van der Waals surface area contributed by atoms with Crippen molar-refractivity contribution in [3.05, 3.63) is 46.6 Å². The predicted molar refractivity (Wildman–Crippen MR) is 130 cm³/mol. The second-order valence-electron chi connectivity index (χ2n) is 8.11. The Morgan fingerprint density at radius 3 is 2.91 bits per heavy atom. The van der Waals surface area contributed by atoms with E-state index in [4.69, 9.17) is 5.73 Å². The van der Waals surface area contributed by atoms with Crippen LogP contribution in [0.2, 0.25) is 0 Å². The fourth-order valence-electron chi connectivity index (χ4n) is 4.03. The molecular weight excluding hydrogens is 442 g/mol. The van der Waals surface area contributed by atoms with Gasteiger partial charge in [-0.25, -0.2) is 9.97 Å². The largest absolute Gasteiger partial charge is 0.369 e. The van der Waals surface area contributed by atoms with Crippen LogP contribution in [0.15, 0.2) is 35.6 Å². The Morgan fingerprint density at radius 1 is 1.28 bits per heavy atom. The second-order valence-corrected chi connectivity index (χ2v) is 10.3. The van der Waals surface area contributed by atoms with Gasteiger partial charge in [0.15, 0.2) is 0 Å². The van der Waals surface area contributed by atoms with Gasteiger partial charge in [-0.2, -0.15) is 0 Å². The number of fused-ring (bicyclic) bond motifs is 1. The number of carbonyl (C=O) groups is 2. The molecule has 1 aliphatic rings. The lowest BCUT2D eigenvalue weighted by Gasteiger charge is -2.31. The Bertz CT molecular complexity index is 1150. The molecule has 0 radical (unpaired) electrons. The van der Waals surface area contributed by atoms with Crippen molar-refractivity contribution in [3.8, 4) is 0 Å². The van der Waals surface area contributed by atoms with E-state index in [0.717, 1.165) is 45.9 Å². The molecule has 1 fully saturated rings. The molecule has 168 valence electrons. The number of carbonyl (C=O) groups excluding carboxylic acids is 2. The van der Waals surface area contributed by atoms with Crippen LogP contribution in [-0.2, 0) is 16.1 Å². The zero-order valence-corrected chi connectivity index (χ0v) is 19.9. The minimum atomic E-state index is -0.233. The third kappa shape index (κ3) is 5.11. The molecule has 2 aromatic heterocycles. The normalized spacial score (nSPS) is 16.9. The van der Waals surface area contributed by atoms with E-state index in [2.05, 4.69) is 34.0 Å². The van der Waals surface area contributed by atoms with Gasteiger partial charge in [0, 0.05) is 29.0 Å². The number of hydrogen-bond acceptors (Lipinski definition) is 7. The van der Waals surface area contributed by atoms with Crippen LogP contribution < -0.4 is 11.1 Å². The smallest absolute Gasteiger partial charge is 0.234 e. The van der Waals surface area contributed by atoms with Crippen molar-refractivity contribution in [1.82, 2.24) is 14.9 Å². The number of thiophene rings is 1. The third-order valence-corrected chi connectivity index (χ3v) is 7.97. The second kappa shape index (κ2) is 9.97. The Balaban J connectivity index is 1.41. The average molecular weight is 470 g/mol. The Labute approximate surface area is 195 Å². The lowest BCUT2D eigenvalue weighted by Crippen LogP contribution is -2.40. The summed E-state index contributed by atoms with van der Waals surface area (Å²) in [7, 11) is 0. The van der Waals surface area contributed by atoms with Crippen molar-refractivity contribution in [2.75, 3.05) is 24.2 Å². The van der Waals surface area contributed by atoms with Gasteiger partial charge in [0.2, 0.25) is 11.8 Å². The minimum absolute atomic E-state index is 0.0764. The van der Waals surface area contributed by atoms with Crippen molar-refractivity contribution < 1.29 is 9.59 Å². The lowest BCUT2D eigenvalue weighted by molar-refractivity contribution is -0.123. The molecule has 3 N–H and O–H groups in total. The number of primary amides is 1. The summed E-state index contributed by atoms with van der Waals surface area (Å²) in [5.41, 5.74) is 8.52. The highest BCUT2D eigenvalue weighted by Gasteiger charge is 2.24. The van der Waals surface area contributed by atoms with Crippen LogP contribution in [0.1, 0.15) is 28.8 Å². The Morgan fingerprint density at radius 2 is 2.09 bits per heavy atom. The first kappa shape index (κ1) is 22.7. The Hall–Kier alpha value is -2.49. The number of piperidine rings is 1. The van der Waals surface area contributed by atoms with Crippen LogP contribution in [0, 0.1) is 19.8 Å². The van der Waals surface area contributed by atoms with Crippen LogP contribution in [0.5, 0.6) is 0 Å². The summed E-state index contributed by atoms with van der Waals surface area (Å²) in [6.45, 7) is 6.41. The maximum absolute atomic E-state index is 12.8. The van der Waals surface area contributed by atoms with Crippen LogP contribution >= 0.6 is 23.1 Å². The Kier molecular flexibility index (Phi) is 7.07. The number of hydrogen-bond donors (Lipinski definition) is 2. The summed E-state index contributed by atoms with van der Waals surface area (Å²) in [5, 5.41) is 4.94. The summed E-state index contributed by atoms with van der Waals surface area (Å²) in [5.74, 6) is -0.145. The molecule has 0 spiro atoms. The summed E-state index contributed by atoms with van der Waals surface area (Å²) in [6, 6.07) is 7.82. The number of anilines is 1. The number of nitrogens with one attached hydrogen (secondary N) is 1. The van der Waals surface area contributed by atoms with Crippen molar-refractivity contribution in [2.45, 2.75) is 38.3 Å². The van der Waals surface area contributed by atoms with Gasteiger partial charge < -0.3 is 11.1 Å². The fraction of sp³-hybridized carbons (Fsp3) is 0.391. The molecule has 7 nitrogen and oxygen atoms in total. The first-order valence-corrected chi connectivity index (χ1v) is 12.5. The van der Waals surface area contributed by atoms with E-state index in [-0.39, 0.29) is 23.5 Å². The molecule has 3 heterocycles. The van der Waals surface area contributed by atoms with Gasteiger partial charge in [-0.05, 0) is 50.4 Å². The molecule has 1 unspecified atom stereocenters. The number of para-hydroxylation sites is 1. The molecule has 1 atom stereocenters. The molecular formula is C23H27N5O2S2. The molecule has 4 rings (SSSR count). The van der Waals surface area contributed by atoms with Gasteiger partial charge in [0.05, 0.1) is 11.7 Å². The molecule has 3 aromatic rings. The van der Waals surface area contributed by atoms with Crippen molar-refractivity contribution in [2.24, 2.45) is 11.7 Å². The van der Waals surface area contributed by atoms with Gasteiger partial charge in [-0.3, -0.25) is 14.5 Å². The van der Waals surface area contributed by atoms with E-state index in [0.29, 0.717) is 13.1 Å². The minimum Gasteiger partial charge on any atom is -0.369 e. The molecule has 32 heavy (non-hydrogen) atoms. The summed E-state index contributed by atoms with van der Waals surface area (Å²) < 4.78 is 0. The van der Waals surface area contributed by atoms with Crippen LogP contribution in [0.25, 0.3) is 10.2 Å². The molecule has 0 saturated carbocycles. The van der Waals surface area contributed by atoms with Crippen molar-refractivity contribution >= 4 is 50.8 Å². The first-order valence-electron chi connectivity index (χ1n) is 10.6. The molecule has 0 bridgehead atoms. The SMILES string of the molecule is Cc1sc2ncnc(SCC(=O)Nc3ccccc3CN3CCCC(C(N)=O)C3)c2c1C. The summed E-state index contributed by atoms with van der Waals surface area (Å²) >= 11 is 3.08. The fourth-order valence-corrected chi connectivity index (χ4v) is 5.95. The molecule has 0 aliphatic carbocycles. The van der Waals surface area contributed by atoms with Gasteiger partial charge in [0.25, 0.3) is 0 Å². The van der Waals surface area contributed by atoms with Crippen LogP contribution in [0.4, 0.5) is 5.69 Å². The number of benzene rings is 1. The molecule has 2 amide bonds. The maximum atomic E-state index is 12.8. The van der Waals surface area contributed by atoms with E-state index in [1.807, 2.05) is 24.3 Å². The number of aryl methyl sites for hydroxylation is 2. The molecule has 1 aromatic carbocycles. The highest BCUT2D eigenvalue weighted by molar-refractivity contribution is 8.00. The maximum Gasteiger partial charge on any atom is 0.234 e. The lowest BCUT2D eigenvalue weighted by atomic mass is 9.97. The molecule has 1 aliphatic heterocycles. The topological polar surface area (TPSA) is 101 Å². The van der Waals surface area contributed by atoms with E-state index in [1.54, 1.807) is 17.7 Å². The predicted octanol–water partition coefficient (Wildman–Crippen LogP) is 3.74. The standard InChI is InChI=1S/C23H27N5O2S2/c1-14-15(2)32-23-20(14)22(25-13-26-23)31-12-19(29)27-18-8-4-3-6-16(18)10-28-9-5-7-17(11-28)21(24)30/h3-4,6,8,13,17H,5,7,9-12H2,1-2H3,(H2,24,30)(H,27,29). The van der Waals surface area contributed by atoms with Crippen molar-refractivity contribution in [3.63, 3.8) is 0 Å². The number of rotatable bonds is 7. The number of amides is 2. The van der Waals surface area contributed by atoms with Gasteiger partial charge in [-0.15, -0.1) is 11.3 Å². The summed E-state index contributed by atoms with van der Waals surface area (Å²) in [6.07, 6.45) is 3.36. The van der Waals surface area contributed by atoms with E-state index in [1.165, 1.54) is 22.2 Å². The quantitative estimate of drug-likeness (QED) is 0.404. The number of nitrogens with zero attached hydrogens (tertiary/aromatic N) is 3. The zero-order valence-electron chi connectivity index (χ0n) is 18.3. The van der Waals surface area contributed by atoms with Gasteiger partial charge >= 0.3 is 0 Å². The van der Waals surface area contributed by atoms with E-state index < -0.39 is 0 Å². The number of thioether (sulfide) groups is 1. The molecule has 9 heteroatoms. The average Bonchev–Trinajstić information content (AvgIpc) is 3.08. The number of likely N-dealkylation sites (tertiary alicyclic amines) is 1.